The van der Waals surface area contributed by atoms with Crippen LogP contribution in [-0.4, -0.2) is 10.8 Å². The molecule has 0 N–H and O–H groups in total. The first-order valence-corrected chi connectivity index (χ1v) is 3.91. The van der Waals surface area contributed by atoms with E-state index in [1.807, 2.05) is 0 Å². The number of rotatable bonds is 0. The summed E-state index contributed by atoms with van der Waals surface area (Å²) < 4.78 is 15.9. The monoisotopic (exact) mass is 230 g/mol. The Kier molecular flexibility index (Phi) is 1.82. The minimum Gasteiger partial charge on any atom is -0.282 e. The molecule has 0 bridgehead atoms. The van der Waals surface area contributed by atoms with Gasteiger partial charge in [-0.25, -0.2) is 4.21 Å². The fourth-order valence-electron chi connectivity index (χ4n) is 0.287. The highest BCUT2D eigenvalue weighted by molar-refractivity contribution is 14.1. The van der Waals surface area contributed by atoms with Crippen LogP contribution in [0.2, 0.25) is 0 Å². The first-order chi connectivity index (χ1) is 3.29. The first-order valence-electron chi connectivity index (χ1n) is 1.69. The lowest BCUT2D eigenvalue weighted by Gasteiger charge is -1.80. The Bertz CT molecular complexity index is 131. The van der Waals surface area contributed by atoms with E-state index in [4.69, 9.17) is 0 Å². The van der Waals surface area contributed by atoms with Crippen molar-refractivity contribution >= 4 is 33.7 Å². The molecule has 0 radical (unpaired) electrons. The zero-order valence-corrected chi connectivity index (χ0v) is 6.36. The summed E-state index contributed by atoms with van der Waals surface area (Å²) in [6, 6.07) is 0. The summed E-state index contributed by atoms with van der Waals surface area (Å²) in [5, 5.41) is 1.60. The summed E-state index contributed by atoms with van der Waals surface area (Å²) in [4.78, 5) is 0. The Balaban J connectivity index is 2.67. The molecule has 2 nitrogen and oxygen atoms in total. The van der Waals surface area contributed by atoms with Crippen LogP contribution >= 0.6 is 22.6 Å². The molecule has 1 rings (SSSR count). The van der Waals surface area contributed by atoms with Crippen molar-refractivity contribution in [3.05, 3.63) is 8.99 Å². The molecule has 0 spiro atoms. The fraction of sp³-hybridized carbons (Fsp3) is 0.333. The molecule has 0 aliphatic carbocycles. The van der Waals surface area contributed by atoms with Crippen LogP contribution in [0.15, 0.2) is 8.99 Å². The lowest BCUT2D eigenvalue weighted by Crippen LogP contribution is -1.82. The summed E-state index contributed by atoms with van der Waals surface area (Å²) in [6.07, 6.45) is 0. The van der Waals surface area contributed by atoms with Crippen molar-refractivity contribution in [1.29, 1.82) is 0 Å². The molecule has 0 aromatic carbocycles. The normalized spacial score (nSPS) is 30.4. The van der Waals surface area contributed by atoms with E-state index >= 15 is 0 Å². The van der Waals surface area contributed by atoms with Crippen molar-refractivity contribution in [3.8, 4) is 0 Å². The van der Waals surface area contributed by atoms with Crippen LogP contribution < -0.4 is 0 Å². The first kappa shape index (κ1) is 5.71. The van der Waals surface area contributed by atoms with Gasteiger partial charge in [-0.2, -0.15) is 0 Å². The van der Waals surface area contributed by atoms with Gasteiger partial charge < -0.3 is 0 Å². The minimum absolute atomic E-state index is 0.521. The highest BCUT2D eigenvalue weighted by atomic mass is 127. The molecular formula is C3H3IO2S. The quantitative estimate of drug-likeness (QED) is 0.579. The highest BCUT2D eigenvalue weighted by Crippen LogP contribution is 2.14. The second-order valence-corrected chi connectivity index (χ2v) is 3.47. The van der Waals surface area contributed by atoms with Crippen molar-refractivity contribution in [2.24, 2.45) is 0 Å². The Labute approximate surface area is 57.7 Å². The van der Waals surface area contributed by atoms with Crippen LogP contribution in [0.25, 0.3) is 0 Å². The van der Waals surface area contributed by atoms with Crippen molar-refractivity contribution in [2.75, 3.05) is 6.61 Å². The maximum Gasteiger partial charge on any atom is 0.182 e. The largest absolute Gasteiger partial charge is 0.282 e. The fourth-order valence-corrected chi connectivity index (χ4v) is 1.86. The van der Waals surface area contributed by atoms with E-state index in [0.29, 0.717) is 6.61 Å². The lowest BCUT2D eigenvalue weighted by molar-refractivity contribution is 0.409. The second kappa shape index (κ2) is 2.23. The molecule has 0 aromatic heterocycles. The maximum atomic E-state index is 10.3. The molecule has 4 heteroatoms. The molecule has 7 heavy (non-hydrogen) atoms. The van der Waals surface area contributed by atoms with Gasteiger partial charge in [0.1, 0.15) is 0 Å². The molecule has 40 valence electrons. The summed E-state index contributed by atoms with van der Waals surface area (Å²) >= 11 is 0.968. The number of hydrogen-bond acceptors (Lipinski definition) is 2. The number of halogens is 1. The van der Waals surface area contributed by atoms with Gasteiger partial charge in [-0.05, 0) is 22.6 Å². The minimum atomic E-state index is -1.12. The maximum absolute atomic E-state index is 10.3. The topological polar surface area (TPSA) is 26.3 Å². The van der Waals surface area contributed by atoms with Gasteiger partial charge in [-0.3, -0.25) is 4.18 Å². The molecule has 1 aliphatic heterocycles. The third kappa shape index (κ3) is 1.50. The Morgan fingerprint density at radius 1 is 2.00 bits per heavy atom. The highest BCUT2D eigenvalue weighted by Gasteiger charge is 2.06. The summed E-state index contributed by atoms with van der Waals surface area (Å²) in [6.45, 7) is 0.521. The Hall–Kier alpha value is 0.580. The van der Waals surface area contributed by atoms with Gasteiger partial charge in [0, 0.05) is 8.99 Å². The standard InChI is InChI=1S/C3H3IO2S/c4-3-1-6-7(5)2-3/h2H,1H2. The molecule has 0 amide bonds. The van der Waals surface area contributed by atoms with Crippen LogP contribution in [0.1, 0.15) is 0 Å². The second-order valence-electron chi connectivity index (χ2n) is 1.09. The zero-order chi connectivity index (χ0) is 5.28. The molecule has 1 unspecified atom stereocenters. The van der Waals surface area contributed by atoms with E-state index in [0.717, 1.165) is 3.58 Å². The van der Waals surface area contributed by atoms with Gasteiger partial charge in [0.05, 0.1) is 6.61 Å². The molecule has 0 fully saturated rings. The summed E-state index contributed by atoms with van der Waals surface area (Å²) in [7, 11) is 0. The van der Waals surface area contributed by atoms with E-state index in [1.165, 1.54) is 0 Å². The average Bonchev–Trinajstić information content (AvgIpc) is 1.87. The van der Waals surface area contributed by atoms with Crippen molar-refractivity contribution in [1.82, 2.24) is 0 Å². The lowest BCUT2D eigenvalue weighted by atomic mass is 10.7. The van der Waals surface area contributed by atoms with Gasteiger partial charge in [-0.15, -0.1) is 0 Å². The third-order valence-electron chi connectivity index (χ3n) is 0.537. The summed E-state index contributed by atoms with van der Waals surface area (Å²) in [5.41, 5.74) is 0. The Morgan fingerprint density at radius 2 is 2.71 bits per heavy atom. The molecule has 0 saturated heterocycles. The smallest absolute Gasteiger partial charge is 0.182 e. The van der Waals surface area contributed by atoms with Gasteiger partial charge in [0.15, 0.2) is 11.1 Å². The van der Waals surface area contributed by atoms with E-state index in [2.05, 4.69) is 26.8 Å². The Morgan fingerprint density at radius 3 is 2.86 bits per heavy atom. The van der Waals surface area contributed by atoms with Crippen LogP contribution in [0.3, 0.4) is 0 Å². The zero-order valence-electron chi connectivity index (χ0n) is 3.39. The SMILES string of the molecule is O=S1C=C(I)CO1. The van der Waals surface area contributed by atoms with E-state index in [1.54, 1.807) is 5.41 Å². The molecule has 1 atom stereocenters. The van der Waals surface area contributed by atoms with E-state index in [9.17, 15) is 4.21 Å². The van der Waals surface area contributed by atoms with Gasteiger partial charge in [0.25, 0.3) is 0 Å². The predicted molar refractivity (Wildman–Crippen MR) is 36.2 cm³/mol. The molecule has 0 saturated carbocycles. The molecular weight excluding hydrogens is 227 g/mol. The van der Waals surface area contributed by atoms with Crippen LogP contribution in [0, 0.1) is 0 Å². The van der Waals surface area contributed by atoms with Crippen molar-refractivity contribution in [3.63, 3.8) is 0 Å². The van der Waals surface area contributed by atoms with E-state index in [-0.39, 0.29) is 0 Å². The summed E-state index contributed by atoms with van der Waals surface area (Å²) in [5.74, 6) is 0. The third-order valence-corrected chi connectivity index (χ3v) is 2.41. The van der Waals surface area contributed by atoms with Gasteiger partial charge in [0.2, 0.25) is 0 Å². The molecule has 1 aliphatic rings. The molecule has 1 heterocycles. The average molecular weight is 230 g/mol. The van der Waals surface area contributed by atoms with Gasteiger partial charge >= 0.3 is 0 Å². The van der Waals surface area contributed by atoms with Crippen molar-refractivity contribution < 1.29 is 8.39 Å². The van der Waals surface area contributed by atoms with Crippen LogP contribution in [-0.2, 0) is 15.3 Å². The van der Waals surface area contributed by atoms with Crippen LogP contribution in [0.4, 0.5) is 0 Å². The molecule has 0 aromatic rings. The van der Waals surface area contributed by atoms with Crippen LogP contribution in [0.5, 0.6) is 0 Å². The number of hydrogen-bond donors (Lipinski definition) is 0. The predicted octanol–water partition coefficient (Wildman–Crippen LogP) is 0.957. The van der Waals surface area contributed by atoms with E-state index < -0.39 is 11.1 Å². The van der Waals surface area contributed by atoms with Gasteiger partial charge in [-0.1, -0.05) is 0 Å². The van der Waals surface area contributed by atoms with Crippen molar-refractivity contribution in [2.45, 2.75) is 0 Å².